The lowest BCUT2D eigenvalue weighted by atomic mass is 9.92. The highest BCUT2D eigenvalue weighted by atomic mass is 16.3. The zero-order chi connectivity index (χ0) is 26.0. The Morgan fingerprint density at radius 2 is 1.95 bits per heavy atom. The van der Waals surface area contributed by atoms with Crippen LogP contribution in [0.5, 0.6) is 0 Å². The van der Waals surface area contributed by atoms with Crippen molar-refractivity contribution in [3.05, 3.63) is 58.4 Å². The van der Waals surface area contributed by atoms with E-state index < -0.39 is 5.41 Å². The molecule has 0 saturated heterocycles. The highest BCUT2D eigenvalue weighted by molar-refractivity contribution is 6.06. The summed E-state index contributed by atoms with van der Waals surface area (Å²) in [5, 5.41) is 25.0. The standard InChI is InChI=1S/C27H32N6O4/c28-24-13-18(25(36)33(7-9-34)8-10-35)11-17-1-2-20(14-23(17)32-24)27(4-5-27)26(37)31-21-12-19-15-29-6-3-22(19)30-16-21/h1-2,11-12,14,16,29,34-35H,3-10,13,15H2,(H2,28,32)(H,31,37). The Balaban J connectivity index is 1.38. The second kappa shape index (κ2) is 10.4. The molecule has 1 saturated carbocycles. The van der Waals surface area contributed by atoms with Gasteiger partial charge in [-0.15, -0.1) is 0 Å². The quantitative estimate of drug-likeness (QED) is 0.359. The lowest BCUT2D eigenvalue weighted by molar-refractivity contribution is -0.128. The van der Waals surface area contributed by atoms with Crippen molar-refractivity contribution in [2.45, 2.75) is 37.6 Å². The summed E-state index contributed by atoms with van der Waals surface area (Å²) in [6, 6.07) is 7.65. The Hall–Kier alpha value is -3.60. The Morgan fingerprint density at radius 1 is 1.16 bits per heavy atom. The number of hydrogen-bond donors (Lipinski definition) is 5. The number of anilines is 1. The number of rotatable bonds is 8. The Bertz CT molecular complexity index is 1280. The van der Waals surface area contributed by atoms with Crippen LogP contribution < -0.4 is 16.4 Å². The van der Waals surface area contributed by atoms with Crippen molar-refractivity contribution in [2.75, 3.05) is 38.2 Å². The molecular formula is C27H32N6O4. The van der Waals surface area contributed by atoms with Gasteiger partial charge in [0.2, 0.25) is 11.8 Å². The third-order valence-corrected chi connectivity index (χ3v) is 7.21. The molecule has 5 rings (SSSR count). The number of aromatic nitrogens is 1. The molecule has 6 N–H and O–H groups in total. The van der Waals surface area contributed by atoms with Gasteiger partial charge in [0.05, 0.1) is 36.2 Å². The van der Waals surface area contributed by atoms with Gasteiger partial charge in [0.15, 0.2) is 0 Å². The van der Waals surface area contributed by atoms with Gasteiger partial charge >= 0.3 is 0 Å². The van der Waals surface area contributed by atoms with Gasteiger partial charge in [-0.3, -0.25) is 14.6 Å². The number of nitrogens with zero attached hydrogens (tertiary/aromatic N) is 3. The number of aliphatic hydroxyl groups is 2. The second-order valence-electron chi connectivity index (χ2n) is 9.76. The molecule has 2 aliphatic heterocycles. The van der Waals surface area contributed by atoms with E-state index in [-0.39, 0.29) is 50.4 Å². The summed E-state index contributed by atoms with van der Waals surface area (Å²) in [6.07, 6.45) is 5.97. The summed E-state index contributed by atoms with van der Waals surface area (Å²) in [6.45, 7) is 1.49. The van der Waals surface area contributed by atoms with Gasteiger partial charge in [-0.05, 0) is 42.2 Å². The fourth-order valence-electron chi connectivity index (χ4n) is 5.02. The summed E-state index contributed by atoms with van der Waals surface area (Å²) in [7, 11) is 0. The van der Waals surface area contributed by atoms with E-state index in [4.69, 9.17) is 5.73 Å². The molecule has 1 aliphatic carbocycles. The molecule has 1 aromatic carbocycles. The summed E-state index contributed by atoms with van der Waals surface area (Å²) >= 11 is 0. The molecule has 2 aromatic rings. The molecule has 2 amide bonds. The molecule has 3 heterocycles. The third kappa shape index (κ3) is 5.13. The SMILES string of the molecule is NC1=Nc2cc(C3(C(=O)Nc4cnc5c(c4)CNCC5)CC3)ccc2C=C(C(=O)N(CCO)CCO)C1. The largest absolute Gasteiger partial charge is 0.395 e. The molecule has 0 atom stereocenters. The molecule has 0 bridgehead atoms. The van der Waals surface area contributed by atoms with E-state index in [9.17, 15) is 19.8 Å². The molecule has 10 nitrogen and oxygen atoms in total. The predicted octanol–water partition coefficient (Wildman–Crippen LogP) is 0.987. The van der Waals surface area contributed by atoms with Gasteiger partial charge in [-0.25, -0.2) is 4.99 Å². The summed E-state index contributed by atoms with van der Waals surface area (Å²) in [4.78, 5) is 36.9. The Morgan fingerprint density at radius 3 is 2.68 bits per heavy atom. The van der Waals surface area contributed by atoms with Crippen LogP contribution in [0.3, 0.4) is 0 Å². The van der Waals surface area contributed by atoms with Gasteiger partial charge in [-0.1, -0.05) is 12.1 Å². The van der Waals surface area contributed by atoms with E-state index in [1.54, 1.807) is 12.3 Å². The van der Waals surface area contributed by atoms with Crippen molar-refractivity contribution < 1.29 is 19.8 Å². The van der Waals surface area contributed by atoms with Crippen molar-refractivity contribution in [1.29, 1.82) is 0 Å². The number of carbonyl (C=O) groups is 2. The number of nitrogens with two attached hydrogens (primary N) is 1. The number of hydrogen-bond acceptors (Lipinski definition) is 8. The van der Waals surface area contributed by atoms with Crippen LogP contribution in [0.1, 0.15) is 41.6 Å². The normalized spacial score (nSPS) is 17.5. The van der Waals surface area contributed by atoms with Crippen LogP contribution in [0.15, 0.2) is 41.0 Å². The molecule has 1 fully saturated rings. The Kier molecular flexibility index (Phi) is 7.05. The number of nitrogens with one attached hydrogen (secondary N) is 2. The molecule has 0 radical (unpaired) electrons. The van der Waals surface area contributed by atoms with Gasteiger partial charge < -0.3 is 31.5 Å². The van der Waals surface area contributed by atoms with Crippen LogP contribution in [0, 0.1) is 0 Å². The van der Waals surface area contributed by atoms with Gasteiger partial charge in [0.25, 0.3) is 0 Å². The summed E-state index contributed by atoms with van der Waals surface area (Å²) in [5.74, 6) is -0.0878. The fraction of sp³-hybridized carbons (Fsp3) is 0.407. The number of pyridine rings is 1. The van der Waals surface area contributed by atoms with Crippen molar-refractivity contribution in [1.82, 2.24) is 15.2 Å². The predicted molar refractivity (Wildman–Crippen MR) is 140 cm³/mol. The molecule has 3 aliphatic rings. The first-order chi connectivity index (χ1) is 17.9. The number of amidine groups is 1. The first kappa shape index (κ1) is 25.1. The summed E-state index contributed by atoms with van der Waals surface area (Å²) < 4.78 is 0. The lowest BCUT2D eigenvalue weighted by Gasteiger charge is -2.22. The van der Waals surface area contributed by atoms with Crippen molar-refractivity contribution in [3.8, 4) is 0 Å². The first-order valence-electron chi connectivity index (χ1n) is 12.6. The molecule has 0 unspecified atom stereocenters. The maximum absolute atomic E-state index is 13.4. The number of aliphatic imine (C=N–C) groups is 1. The Labute approximate surface area is 215 Å². The number of aliphatic hydroxyl groups excluding tert-OH is 2. The van der Waals surface area contributed by atoms with Crippen molar-refractivity contribution >= 4 is 35.1 Å². The third-order valence-electron chi connectivity index (χ3n) is 7.21. The molecule has 194 valence electrons. The van der Waals surface area contributed by atoms with Crippen LogP contribution in [0.2, 0.25) is 0 Å². The van der Waals surface area contributed by atoms with E-state index in [0.29, 0.717) is 16.9 Å². The zero-order valence-corrected chi connectivity index (χ0v) is 20.7. The topological polar surface area (TPSA) is 153 Å². The minimum absolute atomic E-state index is 0.0707. The number of amides is 2. The van der Waals surface area contributed by atoms with E-state index >= 15 is 0 Å². The fourth-order valence-corrected chi connectivity index (χ4v) is 5.02. The van der Waals surface area contributed by atoms with E-state index in [0.717, 1.165) is 54.7 Å². The van der Waals surface area contributed by atoms with Crippen LogP contribution in [0.4, 0.5) is 11.4 Å². The highest BCUT2D eigenvalue weighted by Crippen LogP contribution is 2.50. The number of carbonyl (C=O) groups excluding carboxylic acids is 2. The van der Waals surface area contributed by atoms with Gasteiger partial charge in [0.1, 0.15) is 5.84 Å². The molecular weight excluding hydrogens is 472 g/mol. The monoisotopic (exact) mass is 504 g/mol. The lowest BCUT2D eigenvalue weighted by Crippen LogP contribution is -2.37. The van der Waals surface area contributed by atoms with Crippen LogP contribution in [-0.4, -0.2) is 70.6 Å². The van der Waals surface area contributed by atoms with Crippen LogP contribution in [0.25, 0.3) is 6.08 Å². The molecule has 37 heavy (non-hydrogen) atoms. The van der Waals surface area contributed by atoms with Crippen molar-refractivity contribution in [3.63, 3.8) is 0 Å². The van der Waals surface area contributed by atoms with E-state index in [1.165, 1.54) is 4.90 Å². The second-order valence-corrected chi connectivity index (χ2v) is 9.76. The maximum Gasteiger partial charge on any atom is 0.250 e. The minimum Gasteiger partial charge on any atom is -0.395 e. The van der Waals surface area contributed by atoms with E-state index in [2.05, 4.69) is 20.6 Å². The number of benzene rings is 1. The van der Waals surface area contributed by atoms with Gasteiger partial charge in [0, 0.05) is 55.9 Å². The van der Waals surface area contributed by atoms with Crippen LogP contribution >= 0.6 is 0 Å². The molecule has 1 aromatic heterocycles. The molecule has 0 spiro atoms. The minimum atomic E-state index is -0.638. The average Bonchev–Trinajstić information content (AvgIpc) is 3.72. The summed E-state index contributed by atoms with van der Waals surface area (Å²) in [5.41, 5.74) is 11.0. The highest BCUT2D eigenvalue weighted by Gasteiger charge is 2.51. The average molecular weight is 505 g/mol. The number of fused-ring (bicyclic) bond motifs is 2. The first-order valence-corrected chi connectivity index (χ1v) is 12.6. The van der Waals surface area contributed by atoms with Gasteiger partial charge in [-0.2, -0.15) is 0 Å². The molecule has 10 heteroatoms. The maximum atomic E-state index is 13.4. The van der Waals surface area contributed by atoms with Crippen LogP contribution in [-0.2, 0) is 28.0 Å². The van der Waals surface area contributed by atoms with Crippen molar-refractivity contribution in [2.24, 2.45) is 10.7 Å². The zero-order valence-electron chi connectivity index (χ0n) is 20.7. The van der Waals surface area contributed by atoms with E-state index in [1.807, 2.05) is 24.3 Å². The smallest absolute Gasteiger partial charge is 0.250 e.